The lowest BCUT2D eigenvalue weighted by Gasteiger charge is -2.12. The molecule has 0 saturated heterocycles. The smallest absolute Gasteiger partial charge is 0.303 e. The van der Waals surface area contributed by atoms with E-state index in [0.717, 1.165) is 10.0 Å². The van der Waals surface area contributed by atoms with Crippen molar-refractivity contribution in [1.82, 2.24) is 10.9 Å². The Kier molecular flexibility index (Phi) is 8.25. The summed E-state index contributed by atoms with van der Waals surface area (Å²) >= 11 is 3.39. The van der Waals surface area contributed by atoms with E-state index >= 15 is 0 Å². The van der Waals surface area contributed by atoms with Crippen LogP contribution in [0.4, 0.5) is 0 Å². The van der Waals surface area contributed by atoms with Gasteiger partial charge in [0.2, 0.25) is 5.91 Å². The average molecular weight is 401 g/mol. The normalized spacial score (nSPS) is 10.3. The summed E-state index contributed by atoms with van der Waals surface area (Å²) < 4.78 is 6.14. The fourth-order valence-corrected chi connectivity index (χ4v) is 2.29. The van der Waals surface area contributed by atoms with Crippen molar-refractivity contribution >= 4 is 33.7 Å². The number of rotatable bonds is 8. The Morgan fingerprint density at radius 2 is 1.83 bits per heavy atom. The maximum atomic E-state index is 11.6. The third-order valence-corrected chi connectivity index (χ3v) is 3.74. The molecule has 132 valence electrons. The fraction of sp³-hybridized carbons (Fsp3) is 0.438. The van der Waals surface area contributed by atoms with E-state index in [1.807, 2.05) is 12.1 Å². The van der Waals surface area contributed by atoms with Gasteiger partial charge in [0.15, 0.2) is 6.61 Å². The molecule has 0 radical (unpaired) electrons. The molecule has 1 aromatic rings. The van der Waals surface area contributed by atoms with Crippen LogP contribution in [0.2, 0.25) is 0 Å². The highest BCUT2D eigenvalue weighted by Crippen LogP contribution is 2.28. The predicted octanol–water partition coefficient (Wildman–Crippen LogP) is 2.35. The van der Waals surface area contributed by atoms with Crippen molar-refractivity contribution in [2.24, 2.45) is 0 Å². The number of benzene rings is 1. The number of ether oxygens (including phenoxy) is 1. The summed E-state index contributed by atoms with van der Waals surface area (Å²) in [4.78, 5) is 33.4. The van der Waals surface area contributed by atoms with Crippen molar-refractivity contribution in [3.05, 3.63) is 28.2 Å². The second-order valence-electron chi connectivity index (χ2n) is 5.48. The van der Waals surface area contributed by atoms with Crippen LogP contribution in [-0.2, 0) is 14.4 Å². The SMILES string of the molecule is CC(C)c1ccc(OCC(=O)NNC(=O)CCCC(=O)O)c(Br)c1. The number of aliphatic carboxylic acids is 1. The molecule has 0 fully saturated rings. The van der Waals surface area contributed by atoms with E-state index in [1.165, 1.54) is 0 Å². The van der Waals surface area contributed by atoms with Crippen LogP contribution in [0.15, 0.2) is 22.7 Å². The molecule has 0 bridgehead atoms. The standard InChI is InChI=1S/C16H21BrN2O5/c1-10(2)11-6-7-13(12(17)8-11)24-9-15(21)19-18-14(20)4-3-5-16(22)23/h6-8,10H,3-5,9H2,1-2H3,(H,18,20)(H,19,21)(H,22,23). The van der Waals surface area contributed by atoms with Gasteiger partial charge in [-0.15, -0.1) is 0 Å². The number of nitrogens with one attached hydrogen (secondary N) is 2. The minimum absolute atomic E-state index is 0.0235. The highest BCUT2D eigenvalue weighted by Gasteiger charge is 2.09. The number of hydrogen-bond donors (Lipinski definition) is 3. The Labute approximate surface area is 148 Å². The lowest BCUT2D eigenvalue weighted by Crippen LogP contribution is -2.43. The van der Waals surface area contributed by atoms with Gasteiger partial charge in [-0.25, -0.2) is 0 Å². The Hall–Kier alpha value is -2.09. The second kappa shape index (κ2) is 9.92. The molecule has 0 atom stereocenters. The van der Waals surface area contributed by atoms with Crippen LogP contribution >= 0.6 is 15.9 Å². The van der Waals surface area contributed by atoms with Gasteiger partial charge in [-0.3, -0.25) is 25.2 Å². The molecule has 24 heavy (non-hydrogen) atoms. The molecule has 0 aliphatic heterocycles. The zero-order valence-corrected chi connectivity index (χ0v) is 15.2. The van der Waals surface area contributed by atoms with Crippen molar-refractivity contribution in [3.63, 3.8) is 0 Å². The monoisotopic (exact) mass is 400 g/mol. The first kappa shape index (κ1) is 20.0. The van der Waals surface area contributed by atoms with Crippen molar-refractivity contribution in [2.45, 2.75) is 39.0 Å². The molecular weight excluding hydrogens is 380 g/mol. The molecule has 0 saturated carbocycles. The van der Waals surface area contributed by atoms with Crippen LogP contribution in [0.25, 0.3) is 0 Å². The fourth-order valence-electron chi connectivity index (χ4n) is 1.77. The summed E-state index contributed by atoms with van der Waals surface area (Å²) in [6.45, 7) is 3.90. The van der Waals surface area contributed by atoms with E-state index in [-0.39, 0.29) is 25.9 Å². The van der Waals surface area contributed by atoms with Gasteiger partial charge in [0, 0.05) is 12.8 Å². The number of amides is 2. The second-order valence-corrected chi connectivity index (χ2v) is 6.33. The van der Waals surface area contributed by atoms with E-state index in [4.69, 9.17) is 9.84 Å². The maximum absolute atomic E-state index is 11.6. The van der Waals surface area contributed by atoms with Gasteiger partial charge in [0.1, 0.15) is 5.75 Å². The number of carboxylic acids is 1. The number of halogens is 1. The molecule has 0 aromatic heterocycles. The highest BCUT2D eigenvalue weighted by molar-refractivity contribution is 9.10. The molecule has 0 heterocycles. The van der Waals surface area contributed by atoms with E-state index in [9.17, 15) is 14.4 Å². The summed E-state index contributed by atoms with van der Waals surface area (Å²) in [5.41, 5.74) is 5.57. The van der Waals surface area contributed by atoms with Gasteiger partial charge in [-0.05, 0) is 46.0 Å². The molecule has 0 unspecified atom stereocenters. The first-order valence-corrected chi connectivity index (χ1v) is 8.30. The third kappa shape index (κ3) is 7.45. The number of carbonyl (C=O) groups is 3. The van der Waals surface area contributed by atoms with Gasteiger partial charge >= 0.3 is 5.97 Å². The molecule has 2 amide bonds. The maximum Gasteiger partial charge on any atom is 0.303 e. The Morgan fingerprint density at radius 3 is 2.42 bits per heavy atom. The molecule has 7 nitrogen and oxygen atoms in total. The molecule has 8 heteroatoms. The quantitative estimate of drug-likeness (QED) is 0.580. The summed E-state index contributed by atoms with van der Waals surface area (Å²) in [6.07, 6.45) is 0.142. The van der Waals surface area contributed by atoms with E-state index in [0.29, 0.717) is 11.7 Å². The van der Waals surface area contributed by atoms with Crippen LogP contribution in [0, 0.1) is 0 Å². The Balaban J connectivity index is 2.33. The Morgan fingerprint density at radius 1 is 1.17 bits per heavy atom. The number of hydrogen-bond acceptors (Lipinski definition) is 4. The van der Waals surface area contributed by atoms with Crippen LogP contribution in [0.3, 0.4) is 0 Å². The van der Waals surface area contributed by atoms with Crippen molar-refractivity contribution in [1.29, 1.82) is 0 Å². The number of carbonyl (C=O) groups excluding carboxylic acids is 2. The minimum atomic E-state index is -0.964. The lowest BCUT2D eigenvalue weighted by atomic mass is 10.0. The lowest BCUT2D eigenvalue weighted by molar-refractivity contribution is -0.137. The molecule has 0 aliphatic carbocycles. The van der Waals surface area contributed by atoms with Gasteiger partial charge in [0.05, 0.1) is 4.47 Å². The summed E-state index contributed by atoms with van der Waals surface area (Å²) in [7, 11) is 0. The minimum Gasteiger partial charge on any atom is -0.483 e. The zero-order chi connectivity index (χ0) is 18.1. The van der Waals surface area contributed by atoms with E-state index < -0.39 is 17.8 Å². The van der Waals surface area contributed by atoms with Crippen LogP contribution < -0.4 is 15.6 Å². The van der Waals surface area contributed by atoms with Crippen molar-refractivity contribution in [2.75, 3.05) is 6.61 Å². The zero-order valence-electron chi connectivity index (χ0n) is 13.6. The topological polar surface area (TPSA) is 105 Å². The van der Waals surface area contributed by atoms with Crippen LogP contribution in [0.1, 0.15) is 44.6 Å². The predicted molar refractivity (Wildman–Crippen MR) is 91.5 cm³/mol. The van der Waals surface area contributed by atoms with E-state index in [1.54, 1.807) is 6.07 Å². The Bertz CT molecular complexity index is 604. The number of hydrazine groups is 1. The molecule has 0 aliphatic rings. The van der Waals surface area contributed by atoms with Crippen molar-refractivity contribution in [3.8, 4) is 5.75 Å². The van der Waals surface area contributed by atoms with Gasteiger partial charge < -0.3 is 9.84 Å². The third-order valence-electron chi connectivity index (χ3n) is 3.12. The van der Waals surface area contributed by atoms with Crippen molar-refractivity contribution < 1.29 is 24.2 Å². The largest absolute Gasteiger partial charge is 0.483 e. The molecule has 3 N–H and O–H groups in total. The van der Waals surface area contributed by atoms with Crippen LogP contribution in [-0.4, -0.2) is 29.5 Å². The summed E-state index contributed by atoms with van der Waals surface area (Å²) in [5, 5.41) is 8.47. The van der Waals surface area contributed by atoms with Gasteiger partial charge in [-0.1, -0.05) is 19.9 Å². The highest BCUT2D eigenvalue weighted by atomic mass is 79.9. The molecule has 1 rings (SSSR count). The van der Waals surface area contributed by atoms with Gasteiger partial charge in [-0.2, -0.15) is 0 Å². The van der Waals surface area contributed by atoms with Gasteiger partial charge in [0.25, 0.3) is 5.91 Å². The first-order valence-electron chi connectivity index (χ1n) is 7.51. The number of carboxylic acid groups (broad SMARTS) is 1. The average Bonchev–Trinajstić information content (AvgIpc) is 2.51. The first-order chi connectivity index (χ1) is 11.3. The summed E-state index contributed by atoms with van der Waals surface area (Å²) in [5.74, 6) is -1.01. The van der Waals surface area contributed by atoms with E-state index in [2.05, 4.69) is 40.6 Å². The van der Waals surface area contributed by atoms with Crippen LogP contribution in [0.5, 0.6) is 5.75 Å². The summed E-state index contributed by atoms with van der Waals surface area (Å²) in [6, 6.07) is 5.63. The molecule has 0 spiro atoms. The molecular formula is C16H21BrN2O5. The molecule has 1 aromatic carbocycles.